The normalized spacial score (nSPS) is 12.3. The summed E-state index contributed by atoms with van der Waals surface area (Å²) in [5, 5.41) is 0. The van der Waals surface area contributed by atoms with E-state index in [2.05, 4.69) is 0 Å². The summed E-state index contributed by atoms with van der Waals surface area (Å²) in [6, 6.07) is 7.66. The molecule has 0 spiro atoms. The summed E-state index contributed by atoms with van der Waals surface area (Å²) in [5.41, 5.74) is 7.28. The van der Waals surface area contributed by atoms with Crippen LogP contribution in [-0.2, 0) is 0 Å². The van der Waals surface area contributed by atoms with Gasteiger partial charge in [0.1, 0.15) is 0 Å². The van der Waals surface area contributed by atoms with Gasteiger partial charge in [0.25, 0.3) is 5.91 Å². The van der Waals surface area contributed by atoms with E-state index in [9.17, 15) is 4.79 Å². The van der Waals surface area contributed by atoms with Crippen LogP contribution in [0.3, 0.4) is 0 Å². The molecule has 0 aromatic heterocycles. The van der Waals surface area contributed by atoms with E-state index in [-0.39, 0.29) is 11.9 Å². The van der Waals surface area contributed by atoms with Crippen LogP contribution in [0.25, 0.3) is 0 Å². The molecule has 82 valence electrons. The third-order valence-corrected chi connectivity index (χ3v) is 2.70. The van der Waals surface area contributed by atoms with E-state index >= 15 is 0 Å². The van der Waals surface area contributed by atoms with Gasteiger partial charge in [0, 0.05) is 25.2 Å². The molecule has 1 rings (SSSR count). The third-order valence-electron chi connectivity index (χ3n) is 2.70. The lowest BCUT2D eigenvalue weighted by molar-refractivity contribution is 0.0747. The van der Waals surface area contributed by atoms with Crippen LogP contribution in [0.1, 0.15) is 22.8 Å². The molecular formula is C12H18N2O. The van der Waals surface area contributed by atoms with Crippen LogP contribution in [0.2, 0.25) is 0 Å². The molecule has 1 amide bonds. The van der Waals surface area contributed by atoms with Crippen molar-refractivity contribution in [1.82, 2.24) is 4.90 Å². The standard InChI is InChI=1S/C12H18N2O/c1-9-6-4-5-7-11(9)12(15)14(3)10(2)8-13/h4-7,10H,8,13H2,1-3H3. The third kappa shape index (κ3) is 2.57. The molecule has 0 aliphatic heterocycles. The van der Waals surface area contributed by atoms with Crippen LogP contribution in [0.5, 0.6) is 0 Å². The molecule has 3 nitrogen and oxygen atoms in total. The number of nitrogens with zero attached hydrogens (tertiary/aromatic N) is 1. The van der Waals surface area contributed by atoms with Crippen molar-refractivity contribution < 1.29 is 4.79 Å². The van der Waals surface area contributed by atoms with Crippen LogP contribution in [0.15, 0.2) is 24.3 Å². The lowest BCUT2D eigenvalue weighted by Crippen LogP contribution is -2.39. The highest BCUT2D eigenvalue weighted by Gasteiger charge is 2.17. The molecule has 1 unspecified atom stereocenters. The van der Waals surface area contributed by atoms with Crippen molar-refractivity contribution in [2.24, 2.45) is 5.73 Å². The molecule has 0 aliphatic carbocycles. The van der Waals surface area contributed by atoms with Crippen LogP contribution in [0, 0.1) is 6.92 Å². The molecule has 0 heterocycles. The zero-order valence-corrected chi connectivity index (χ0v) is 9.53. The van der Waals surface area contributed by atoms with Crippen molar-refractivity contribution in [1.29, 1.82) is 0 Å². The van der Waals surface area contributed by atoms with Gasteiger partial charge in [0.2, 0.25) is 0 Å². The summed E-state index contributed by atoms with van der Waals surface area (Å²) < 4.78 is 0. The number of carbonyl (C=O) groups is 1. The van der Waals surface area contributed by atoms with E-state index in [1.807, 2.05) is 38.1 Å². The molecule has 0 radical (unpaired) electrons. The molecule has 1 aromatic rings. The van der Waals surface area contributed by atoms with Gasteiger partial charge in [0.05, 0.1) is 0 Å². The summed E-state index contributed by atoms with van der Waals surface area (Å²) >= 11 is 0. The smallest absolute Gasteiger partial charge is 0.254 e. The molecule has 2 N–H and O–H groups in total. The van der Waals surface area contributed by atoms with Crippen LogP contribution < -0.4 is 5.73 Å². The second kappa shape index (κ2) is 4.94. The average molecular weight is 206 g/mol. The summed E-state index contributed by atoms with van der Waals surface area (Å²) in [6.45, 7) is 4.36. The van der Waals surface area contributed by atoms with Crippen LogP contribution in [0.4, 0.5) is 0 Å². The summed E-state index contributed by atoms with van der Waals surface area (Å²) in [5.74, 6) is 0.0334. The van der Waals surface area contributed by atoms with Gasteiger partial charge >= 0.3 is 0 Å². The number of hydrogen-bond donors (Lipinski definition) is 1. The van der Waals surface area contributed by atoms with Gasteiger partial charge in [-0.2, -0.15) is 0 Å². The van der Waals surface area contributed by atoms with Crippen molar-refractivity contribution in [2.75, 3.05) is 13.6 Å². The van der Waals surface area contributed by atoms with Crippen molar-refractivity contribution >= 4 is 5.91 Å². The van der Waals surface area contributed by atoms with E-state index in [0.717, 1.165) is 11.1 Å². The maximum absolute atomic E-state index is 12.0. The van der Waals surface area contributed by atoms with Gasteiger partial charge in [-0.15, -0.1) is 0 Å². The summed E-state index contributed by atoms with van der Waals surface area (Å²) in [7, 11) is 1.78. The van der Waals surface area contributed by atoms with Gasteiger partial charge in [0.15, 0.2) is 0 Å². The fourth-order valence-electron chi connectivity index (χ4n) is 1.36. The van der Waals surface area contributed by atoms with Gasteiger partial charge in [-0.25, -0.2) is 0 Å². The maximum Gasteiger partial charge on any atom is 0.254 e. The van der Waals surface area contributed by atoms with E-state index in [4.69, 9.17) is 5.73 Å². The second-order valence-electron chi connectivity index (χ2n) is 3.82. The Kier molecular flexibility index (Phi) is 3.86. The number of amides is 1. The van der Waals surface area contributed by atoms with Gasteiger partial charge in [-0.05, 0) is 25.5 Å². The fourth-order valence-corrected chi connectivity index (χ4v) is 1.36. The SMILES string of the molecule is Cc1ccccc1C(=O)N(C)C(C)CN. The quantitative estimate of drug-likeness (QED) is 0.813. The Morgan fingerprint density at radius 2 is 2.07 bits per heavy atom. The fraction of sp³-hybridized carbons (Fsp3) is 0.417. The Bertz CT molecular complexity index is 349. The summed E-state index contributed by atoms with van der Waals surface area (Å²) in [6.07, 6.45) is 0. The molecule has 0 saturated heterocycles. The van der Waals surface area contributed by atoms with Gasteiger partial charge < -0.3 is 10.6 Å². The predicted molar refractivity (Wildman–Crippen MR) is 61.8 cm³/mol. The monoisotopic (exact) mass is 206 g/mol. The van der Waals surface area contributed by atoms with E-state index in [1.54, 1.807) is 11.9 Å². The molecule has 0 saturated carbocycles. The average Bonchev–Trinajstić information content (AvgIpc) is 2.26. The van der Waals surface area contributed by atoms with E-state index in [1.165, 1.54) is 0 Å². The number of carbonyl (C=O) groups excluding carboxylic acids is 1. The van der Waals surface area contributed by atoms with Gasteiger partial charge in [-0.3, -0.25) is 4.79 Å². The molecule has 0 bridgehead atoms. The Morgan fingerprint density at radius 3 is 2.60 bits per heavy atom. The van der Waals surface area contributed by atoms with Crippen LogP contribution >= 0.6 is 0 Å². The first-order chi connectivity index (χ1) is 7.07. The molecule has 15 heavy (non-hydrogen) atoms. The van der Waals surface area contributed by atoms with Gasteiger partial charge in [-0.1, -0.05) is 18.2 Å². The number of nitrogens with two attached hydrogens (primary N) is 1. The molecular weight excluding hydrogens is 188 g/mol. The molecule has 3 heteroatoms. The largest absolute Gasteiger partial charge is 0.338 e. The highest BCUT2D eigenvalue weighted by atomic mass is 16.2. The maximum atomic E-state index is 12.0. The Balaban J connectivity index is 2.90. The first-order valence-corrected chi connectivity index (χ1v) is 5.10. The van der Waals surface area contributed by atoms with Crippen molar-refractivity contribution in [3.63, 3.8) is 0 Å². The van der Waals surface area contributed by atoms with Crippen molar-refractivity contribution in [3.8, 4) is 0 Å². The van der Waals surface area contributed by atoms with E-state index < -0.39 is 0 Å². The zero-order chi connectivity index (χ0) is 11.4. The second-order valence-corrected chi connectivity index (χ2v) is 3.82. The predicted octanol–water partition coefficient (Wildman–Crippen LogP) is 1.41. The number of benzene rings is 1. The molecule has 1 aromatic carbocycles. The Morgan fingerprint density at radius 1 is 1.47 bits per heavy atom. The molecule has 1 atom stereocenters. The highest BCUT2D eigenvalue weighted by Crippen LogP contribution is 2.10. The molecule has 0 aliphatic rings. The topological polar surface area (TPSA) is 46.3 Å². The first-order valence-electron chi connectivity index (χ1n) is 5.10. The van der Waals surface area contributed by atoms with E-state index in [0.29, 0.717) is 6.54 Å². The Labute approximate surface area is 90.9 Å². The first kappa shape index (κ1) is 11.7. The number of rotatable bonds is 3. The number of likely N-dealkylation sites (N-methyl/N-ethyl adjacent to an activating group) is 1. The van der Waals surface area contributed by atoms with Crippen LogP contribution in [-0.4, -0.2) is 30.4 Å². The lowest BCUT2D eigenvalue weighted by Gasteiger charge is -2.24. The Hall–Kier alpha value is -1.35. The molecule has 0 fully saturated rings. The zero-order valence-electron chi connectivity index (χ0n) is 9.53. The minimum absolute atomic E-state index is 0.0334. The highest BCUT2D eigenvalue weighted by molar-refractivity contribution is 5.95. The minimum Gasteiger partial charge on any atom is -0.338 e. The van der Waals surface area contributed by atoms with Crippen molar-refractivity contribution in [3.05, 3.63) is 35.4 Å². The lowest BCUT2D eigenvalue weighted by atomic mass is 10.1. The number of aryl methyl sites for hydroxylation is 1. The van der Waals surface area contributed by atoms with Crippen molar-refractivity contribution in [2.45, 2.75) is 19.9 Å². The minimum atomic E-state index is 0.0334. The number of hydrogen-bond acceptors (Lipinski definition) is 2. The summed E-state index contributed by atoms with van der Waals surface area (Å²) in [4.78, 5) is 13.7.